The first-order valence-electron chi connectivity index (χ1n) is 9.43. The van der Waals surface area contributed by atoms with E-state index in [2.05, 4.69) is 4.74 Å². The fourth-order valence-corrected chi connectivity index (χ4v) is 5.22. The molecule has 7 nitrogen and oxygen atoms in total. The first-order chi connectivity index (χ1) is 14.7. The number of carbonyl (C=O) groups excluding carboxylic acids is 1. The van der Waals surface area contributed by atoms with Gasteiger partial charge in [0, 0.05) is 12.0 Å². The van der Waals surface area contributed by atoms with Crippen LogP contribution < -0.4 is 4.74 Å². The molecular weight excluding hydrogens is 484 g/mol. The highest BCUT2D eigenvalue weighted by Gasteiger charge is 2.49. The molecule has 0 spiro atoms. The van der Waals surface area contributed by atoms with Crippen molar-refractivity contribution in [3.05, 3.63) is 23.8 Å². The van der Waals surface area contributed by atoms with Crippen molar-refractivity contribution in [1.29, 1.82) is 0 Å². The van der Waals surface area contributed by atoms with E-state index in [1.165, 1.54) is 20.8 Å². The number of ether oxygens (including phenoxy) is 1. The van der Waals surface area contributed by atoms with Crippen molar-refractivity contribution in [1.82, 2.24) is 4.90 Å². The summed E-state index contributed by atoms with van der Waals surface area (Å²) in [6.07, 6.45) is -10.8. The number of sulfone groups is 1. The third-order valence-electron chi connectivity index (χ3n) is 4.85. The van der Waals surface area contributed by atoms with Gasteiger partial charge in [-0.25, -0.2) is 13.2 Å². The SMILES string of the molecule is CC(C)(C)C(=O)N1CC(S(=O)(=O)c2ccc(OCC(F)(F)F)cc2C(F)(F)F)CC1C(=O)O. The molecule has 1 aliphatic rings. The van der Waals surface area contributed by atoms with Crippen molar-refractivity contribution in [3.63, 3.8) is 0 Å². The normalized spacial score (nSPS) is 20.1. The summed E-state index contributed by atoms with van der Waals surface area (Å²) >= 11 is 0. The number of carbonyl (C=O) groups is 2. The monoisotopic (exact) mass is 505 g/mol. The van der Waals surface area contributed by atoms with E-state index in [-0.39, 0.29) is 6.07 Å². The molecule has 14 heteroatoms. The predicted octanol–water partition coefficient (Wildman–Crippen LogP) is 3.52. The van der Waals surface area contributed by atoms with Gasteiger partial charge in [0.05, 0.1) is 15.7 Å². The predicted molar refractivity (Wildman–Crippen MR) is 101 cm³/mol. The van der Waals surface area contributed by atoms with Crippen LogP contribution in [0, 0.1) is 5.41 Å². The number of hydrogen-bond donors (Lipinski definition) is 1. The second kappa shape index (κ2) is 8.69. The second-order valence-corrected chi connectivity index (χ2v) is 10.7. The van der Waals surface area contributed by atoms with Crippen LogP contribution in [-0.4, -0.2) is 60.9 Å². The van der Waals surface area contributed by atoms with Gasteiger partial charge < -0.3 is 14.7 Å². The van der Waals surface area contributed by atoms with Crippen LogP contribution in [-0.2, 0) is 25.6 Å². The zero-order valence-corrected chi connectivity index (χ0v) is 18.4. The van der Waals surface area contributed by atoms with Crippen molar-refractivity contribution < 1.29 is 54.2 Å². The molecule has 186 valence electrons. The molecule has 1 fully saturated rings. The minimum atomic E-state index is -5.27. The van der Waals surface area contributed by atoms with E-state index in [1.54, 1.807) is 0 Å². The molecule has 1 aromatic carbocycles. The Hall–Kier alpha value is -2.51. The number of nitrogens with zero attached hydrogens (tertiary/aromatic N) is 1. The number of alkyl halides is 6. The zero-order valence-electron chi connectivity index (χ0n) is 17.6. The van der Waals surface area contributed by atoms with Crippen molar-refractivity contribution in [3.8, 4) is 5.75 Å². The van der Waals surface area contributed by atoms with Gasteiger partial charge in [0.1, 0.15) is 11.8 Å². The summed E-state index contributed by atoms with van der Waals surface area (Å²) in [5.74, 6) is -3.06. The van der Waals surface area contributed by atoms with E-state index < -0.39 is 86.6 Å². The number of likely N-dealkylation sites (tertiary alicyclic amines) is 1. The molecule has 1 aromatic rings. The summed E-state index contributed by atoms with van der Waals surface area (Å²) in [4.78, 5) is 23.8. The van der Waals surface area contributed by atoms with Crippen molar-refractivity contribution in [2.24, 2.45) is 5.41 Å². The summed E-state index contributed by atoms with van der Waals surface area (Å²) in [5.41, 5.74) is -2.84. The van der Waals surface area contributed by atoms with Gasteiger partial charge >= 0.3 is 18.3 Å². The number of benzene rings is 1. The fourth-order valence-electron chi connectivity index (χ4n) is 3.32. The number of halogens is 6. The molecule has 1 heterocycles. The summed E-state index contributed by atoms with van der Waals surface area (Å²) < 4.78 is 108. The summed E-state index contributed by atoms with van der Waals surface area (Å²) in [5, 5.41) is 7.75. The van der Waals surface area contributed by atoms with Gasteiger partial charge in [0.15, 0.2) is 16.4 Å². The second-order valence-electron chi connectivity index (χ2n) is 8.52. The first-order valence-corrected chi connectivity index (χ1v) is 11.0. The van der Waals surface area contributed by atoms with Gasteiger partial charge in [-0.2, -0.15) is 26.3 Å². The van der Waals surface area contributed by atoms with Crippen LogP contribution in [0.1, 0.15) is 32.8 Å². The van der Waals surface area contributed by atoms with Crippen LogP contribution in [0.2, 0.25) is 0 Å². The molecule has 0 radical (unpaired) electrons. The lowest BCUT2D eigenvalue weighted by Gasteiger charge is -2.28. The standard InChI is InChI=1S/C19H21F6NO6S/c1-17(2,3)16(29)26-8-11(7-13(26)15(27)28)33(30,31)14-5-4-10(32-9-18(20,21)22)6-12(14)19(23,24)25/h4-6,11,13H,7-9H2,1-3H3,(H,27,28). The average molecular weight is 505 g/mol. The molecule has 1 amide bonds. The highest BCUT2D eigenvalue weighted by atomic mass is 32.2. The molecule has 0 bridgehead atoms. The fraction of sp³-hybridized carbons (Fsp3) is 0.579. The first kappa shape index (κ1) is 26.7. The number of aliphatic carboxylic acids is 1. The van der Waals surface area contributed by atoms with E-state index in [0.29, 0.717) is 12.1 Å². The van der Waals surface area contributed by atoms with Crippen LogP contribution in [0.5, 0.6) is 5.75 Å². The number of hydrogen-bond acceptors (Lipinski definition) is 5. The lowest BCUT2D eigenvalue weighted by atomic mass is 9.94. The Morgan fingerprint density at radius 2 is 1.70 bits per heavy atom. The van der Waals surface area contributed by atoms with Gasteiger partial charge in [-0.05, 0) is 24.6 Å². The molecule has 0 aromatic heterocycles. The molecule has 1 N–H and O–H groups in total. The Labute approximate surface area is 185 Å². The average Bonchev–Trinajstić information content (AvgIpc) is 3.09. The Morgan fingerprint density at radius 1 is 1.12 bits per heavy atom. The van der Waals surface area contributed by atoms with E-state index >= 15 is 0 Å². The number of carboxylic acid groups (broad SMARTS) is 1. The molecule has 0 saturated carbocycles. The van der Waals surface area contributed by atoms with E-state index in [9.17, 15) is 49.5 Å². The topological polar surface area (TPSA) is 101 Å². The quantitative estimate of drug-likeness (QED) is 0.615. The van der Waals surface area contributed by atoms with Crippen molar-refractivity contribution >= 4 is 21.7 Å². The maximum Gasteiger partial charge on any atom is 0.422 e. The number of carboxylic acids is 1. The minimum Gasteiger partial charge on any atom is -0.484 e. The minimum absolute atomic E-state index is 0.139. The third-order valence-corrected chi connectivity index (χ3v) is 7.04. The van der Waals surface area contributed by atoms with Crippen LogP contribution in [0.15, 0.2) is 23.1 Å². The van der Waals surface area contributed by atoms with Gasteiger partial charge in [-0.15, -0.1) is 0 Å². The molecule has 2 atom stereocenters. The Morgan fingerprint density at radius 3 is 2.15 bits per heavy atom. The van der Waals surface area contributed by atoms with Crippen LogP contribution in [0.4, 0.5) is 26.3 Å². The molecular formula is C19H21F6NO6S. The largest absolute Gasteiger partial charge is 0.484 e. The van der Waals surface area contributed by atoms with Crippen molar-refractivity contribution in [2.45, 2.75) is 55.7 Å². The number of rotatable bonds is 5. The van der Waals surface area contributed by atoms with Gasteiger partial charge in [0.25, 0.3) is 0 Å². The zero-order chi connectivity index (χ0) is 25.6. The maximum atomic E-state index is 13.6. The third kappa shape index (κ3) is 6.09. The summed E-state index contributed by atoms with van der Waals surface area (Å²) in [6, 6.07) is -0.315. The number of amides is 1. The summed E-state index contributed by atoms with van der Waals surface area (Å²) in [6.45, 7) is 1.87. The van der Waals surface area contributed by atoms with E-state index in [0.717, 1.165) is 4.90 Å². The summed E-state index contributed by atoms with van der Waals surface area (Å²) in [7, 11) is -4.85. The van der Waals surface area contributed by atoms with Gasteiger partial charge in [-0.3, -0.25) is 4.79 Å². The maximum absolute atomic E-state index is 13.6. The lowest BCUT2D eigenvalue weighted by molar-refractivity contribution is -0.153. The molecule has 33 heavy (non-hydrogen) atoms. The molecule has 1 saturated heterocycles. The van der Waals surface area contributed by atoms with Crippen LogP contribution in [0.3, 0.4) is 0 Å². The highest BCUT2D eigenvalue weighted by Crippen LogP contribution is 2.40. The smallest absolute Gasteiger partial charge is 0.422 e. The Balaban J connectivity index is 2.48. The van der Waals surface area contributed by atoms with Crippen molar-refractivity contribution in [2.75, 3.05) is 13.2 Å². The van der Waals surface area contributed by atoms with Gasteiger partial charge in [0.2, 0.25) is 5.91 Å². The Bertz CT molecular complexity index is 1030. The van der Waals surface area contributed by atoms with Crippen LogP contribution in [0.25, 0.3) is 0 Å². The Kier molecular flexibility index (Phi) is 7.04. The molecule has 2 unspecified atom stereocenters. The van der Waals surface area contributed by atoms with Crippen LogP contribution >= 0.6 is 0 Å². The molecule has 1 aliphatic heterocycles. The highest BCUT2D eigenvalue weighted by molar-refractivity contribution is 7.92. The van der Waals surface area contributed by atoms with E-state index in [4.69, 9.17) is 0 Å². The molecule has 2 rings (SSSR count). The lowest BCUT2D eigenvalue weighted by Crippen LogP contribution is -2.46. The van der Waals surface area contributed by atoms with Gasteiger partial charge in [-0.1, -0.05) is 20.8 Å². The van der Waals surface area contributed by atoms with E-state index in [1.807, 2.05) is 0 Å². The molecule has 0 aliphatic carbocycles.